The van der Waals surface area contributed by atoms with Crippen molar-refractivity contribution >= 4 is 6.29 Å². The van der Waals surface area contributed by atoms with Crippen LogP contribution in [0.25, 0.3) is 0 Å². The van der Waals surface area contributed by atoms with Gasteiger partial charge in [-0.3, -0.25) is 9.78 Å². The van der Waals surface area contributed by atoms with Gasteiger partial charge in [0.05, 0.1) is 0 Å². The minimum absolute atomic E-state index is 0.390. The summed E-state index contributed by atoms with van der Waals surface area (Å²) in [7, 11) is 0. The summed E-state index contributed by atoms with van der Waals surface area (Å²) in [4.78, 5) is 34.0. The molecule has 1 aromatic rings. The first-order valence-corrected chi connectivity index (χ1v) is 4.47. The first kappa shape index (κ1) is 10.4. The van der Waals surface area contributed by atoms with Crippen molar-refractivity contribution in [3.8, 4) is 0 Å². The smallest absolute Gasteiger partial charge is 0.303 e. The number of hydrogen-bond acceptors (Lipinski definition) is 3. The third-order valence-electron chi connectivity index (χ3n) is 1.87. The van der Waals surface area contributed by atoms with Crippen molar-refractivity contribution in [2.24, 2.45) is 0 Å². The first-order valence-electron chi connectivity index (χ1n) is 4.47. The molecule has 0 fully saturated rings. The van der Waals surface area contributed by atoms with E-state index in [1.807, 2.05) is 0 Å². The largest absolute Gasteiger partial charge is 0.328 e. The number of aldehydes is 1. The molecule has 0 saturated carbocycles. The van der Waals surface area contributed by atoms with Gasteiger partial charge in [0.15, 0.2) is 0 Å². The van der Waals surface area contributed by atoms with Gasteiger partial charge in [0.1, 0.15) is 6.29 Å². The Kier molecular flexibility index (Phi) is 3.84. The van der Waals surface area contributed by atoms with Crippen LogP contribution in [0.3, 0.4) is 0 Å². The molecule has 0 aromatic carbocycles. The SMILES string of the molecule is O=CCCCCn1ccc(=O)[nH]c1=O. The standard InChI is InChI=1S/C9H12N2O3/c12-7-3-1-2-5-11-6-4-8(13)10-9(11)14/h4,6-7H,1-3,5H2,(H,10,13,14). The number of rotatable bonds is 5. The Bertz CT molecular complexity index is 405. The molecule has 1 rings (SSSR count). The average Bonchev–Trinajstić information content (AvgIpc) is 2.15. The van der Waals surface area contributed by atoms with Crippen LogP contribution in [-0.4, -0.2) is 15.8 Å². The van der Waals surface area contributed by atoms with E-state index in [1.54, 1.807) is 0 Å². The Labute approximate surface area is 80.4 Å². The molecule has 5 heteroatoms. The van der Waals surface area contributed by atoms with E-state index in [2.05, 4.69) is 4.98 Å². The van der Waals surface area contributed by atoms with E-state index in [4.69, 9.17) is 0 Å². The van der Waals surface area contributed by atoms with Gasteiger partial charge in [0, 0.05) is 25.2 Å². The number of H-pyrrole nitrogens is 1. The summed E-state index contributed by atoms with van der Waals surface area (Å²) in [5.41, 5.74) is -0.789. The molecule has 1 aromatic heterocycles. The molecule has 0 bridgehead atoms. The van der Waals surface area contributed by atoms with E-state index in [0.29, 0.717) is 13.0 Å². The molecule has 5 nitrogen and oxygen atoms in total. The van der Waals surface area contributed by atoms with E-state index in [1.165, 1.54) is 16.8 Å². The topological polar surface area (TPSA) is 71.9 Å². The molecule has 0 saturated heterocycles. The number of nitrogens with one attached hydrogen (secondary N) is 1. The fourth-order valence-electron chi connectivity index (χ4n) is 1.13. The van der Waals surface area contributed by atoms with Crippen molar-refractivity contribution in [1.29, 1.82) is 0 Å². The van der Waals surface area contributed by atoms with Crippen molar-refractivity contribution in [2.75, 3.05) is 0 Å². The Morgan fingerprint density at radius 2 is 2.14 bits per heavy atom. The maximum absolute atomic E-state index is 11.1. The van der Waals surface area contributed by atoms with E-state index < -0.39 is 5.69 Å². The molecule has 0 atom stereocenters. The van der Waals surface area contributed by atoms with Gasteiger partial charge in [-0.25, -0.2) is 4.79 Å². The summed E-state index contributed by atoms with van der Waals surface area (Å²) in [6.45, 7) is 0.531. The van der Waals surface area contributed by atoms with Gasteiger partial charge in [0.2, 0.25) is 0 Å². The molecule has 0 amide bonds. The zero-order valence-electron chi connectivity index (χ0n) is 7.73. The molecule has 0 aliphatic rings. The lowest BCUT2D eigenvalue weighted by molar-refractivity contribution is -0.107. The zero-order chi connectivity index (χ0) is 10.4. The predicted molar refractivity (Wildman–Crippen MR) is 51.2 cm³/mol. The van der Waals surface area contributed by atoms with Gasteiger partial charge in [-0.15, -0.1) is 0 Å². The van der Waals surface area contributed by atoms with Gasteiger partial charge >= 0.3 is 5.69 Å². The minimum atomic E-state index is -0.399. The Morgan fingerprint density at radius 3 is 2.79 bits per heavy atom. The van der Waals surface area contributed by atoms with Crippen molar-refractivity contribution in [2.45, 2.75) is 25.8 Å². The number of aromatic amines is 1. The van der Waals surface area contributed by atoms with Crippen LogP contribution < -0.4 is 11.2 Å². The molecule has 0 unspecified atom stereocenters. The summed E-state index contributed by atoms with van der Waals surface area (Å²) in [6.07, 6.45) is 4.34. The highest BCUT2D eigenvalue weighted by Crippen LogP contribution is 1.94. The number of aryl methyl sites for hydroxylation is 1. The molecule has 1 N–H and O–H groups in total. The zero-order valence-corrected chi connectivity index (χ0v) is 7.73. The number of nitrogens with zero attached hydrogens (tertiary/aromatic N) is 1. The van der Waals surface area contributed by atoms with E-state index >= 15 is 0 Å². The lowest BCUT2D eigenvalue weighted by Gasteiger charge is -2.02. The average molecular weight is 196 g/mol. The van der Waals surface area contributed by atoms with Gasteiger partial charge < -0.3 is 9.36 Å². The molecular weight excluding hydrogens is 184 g/mol. The van der Waals surface area contributed by atoms with E-state index in [-0.39, 0.29) is 5.56 Å². The van der Waals surface area contributed by atoms with E-state index in [0.717, 1.165) is 19.1 Å². The van der Waals surface area contributed by atoms with Gasteiger partial charge in [-0.1, -0.05) is 0 Å². The number of carbonyl (C=O) groups is 1. The second kappa shape index (κ2) is 5.16. The summed E-state index contributed by atoms with van der Waals surface area (Å²) >= 11 is 0. The molecule has 14 heavy (non-hydrogen) atoms. The van der Waals surface area contributed by atoms with Crippen molar-refractivity contribution < 1.29 is 4.79 Å². The monoisotopic (exact) mass is 196 g/mol. The fraction of sp³-hybridized carbons (Fsp3) is 0.444. The summed E-state index contributed by atoms with van der Waals surface area (Å²) in [5, 5.41) is 0. The van der Waals surface area contributed by atoms with Crippen molar-refractivity contribution in [1.82, 2.24) is 9.55 Å². The highest BCUT2D eigenvalue weighted by atomic mass is 16.2. The predicted octanol–water partition coefficient (Wildman–Crippen LogP) is -0.0942. The minimum Gasteiger partial charge on any atom is -0.303 e. The number of aromatic nitrogens is 2. The second-order valence-corrected chi connectivity index (χ2v) is 2.97. The third-order valence-corrected chi connectivity index (χ3v) is 1.87. The summed E-state index contributed by atoms with van der Waals surface area (Å²) < 4.78 is 1.42. The Morgan fingerprint density at radius 1 is 1.36 bits per heavy atom. The lowest BCUT2D eigenvalue weighted by atomic mass is 10.2. The molecule has 0 spiro atoms. The number of hydrogen-bond donors (Lipinski definition) is 1. The Balaban J connectivity index is 2.55. The highest BCUT2D eigenvalue weighted by molar-refractivity contribution is 5.48. The van der Waals surface area contributed by atoms with Crippen LogP contribution in [0.2, 0.25) is 0 Å². The maximum Gasteiger partial charge on any atom is 0.328 e. The van der Waals surface area contributed by atoms with Crippen LogP contribution in [0.4, 0.5) is 0 Å². The van der Waals surface area contributed by atoms with Crippen LogP contribution in [0.5, 0.6) is 0 Å². The molecule has 0 aliphatic heterocycles. The normalized spacial score (nSPS) is 10.0. The molecule has 0 aliphatic carbocycles. The van der Waals surface area contributed by atoms with Crippen LogP contribution in [-0.2, 0) is 11.3 Å². The van der Waals surface area contributed by atoms with Crippen LogP contribution in [0.1, 0.15) is 19.3 Å². The van der Waals surface area contributed by atoms with Crippen LogP contribution >= 0.6 is 0 Å². The third kappa shape index (κ3) is 3.01. The quantitative estimate of drug-likeness (QED) is 0.528. The van der Waals surface area contributed by atoms with Gasteiger partial charge in [-0.2, -0.15) is 0 Å². The summed E-state index contributed by atoms with van der Waals surface area (Å²) in [6, 6.07) is 1.31. The molecular formula is C9H12N2O3. The van der Waals surface area contributed by atoms with E-state index in [9.17, 15) is 14.4 Å². The molecule has 1 heterocycles. The van der Waals surface area contributed by atoms with Gasteiger partial charge in [-0.05, 0) is 12.8 Å². The number of carbonyl (C=O) groups excluding carboxylic acids is 1. The van der Waals surface area contributed by atoms with Crippen LogP contribution in [0.15, 0.2) is 21.9 Å². The fourth-order valence-corrected chi connectivity index (χ4v) is 1.13. The van der Waals surface area contributed by atoms with Crippen molar-refractivity contribution in [3.05, 3.63) is 33.1 Å². The van der Waals surface area contributed by atoms with Gasteiger partial charge in [0.25, 0.3) is 5.56 Å². The molecule has 76 valence electrons. The molecule has 0 radical (unpaired) electrons. The Hall–Kier alpha value is -1.65. The first-order chi connectivity index (χ1) is 6.74. The van der Waals surface area contributed by atoms with Crippen molar-refractivity contribution in [3.63, 3.8) is 0 Å². The maximum atomic E-state index is 11.1. The van der Waals surface area contributed by atoms with Crippen LogP contribution in [0, 0.1) is 0 Å². The highest BCUT2D eigenvalue weighted by Gasteiger charge is 1.95. The second-order valence-electron chi connectivity index (χ2n) is 2.97. The summed E-state index contributed by atoms with van der Waals surface area (Å²) in [5.74, 6) is 0. The number of unbranched alkanes of at least 4 members (excludes halogenated alkanes) is 2. The lowest BCUT2D eigenvalue weighted by Crippen LogP contribution is -2.28.